The molecule has 25 heavy (non-hydrogen) atoms. The van der Waals surface area contributed by atoms with Gasteiger partial charge in [0.1, 0.15) is 5.82 Å². The molecule has 0 aliphatic carbocycles. The predicted octanol–water partition coefficient (Wildman–Crippen LogP) is 4.07. The zero-order chi connectivity index (χ0) is 17.6. The average Bonchev–Trinajstić information content (AvgIpc) is 3.06. The second-order valence-electron chi connectivity index (χ2n) is 5.38. The largest absolute Gasteiger partial charge is 0.316 e. The second-order valence-corrected chi connectivity index (χ2v) is 6.29. The molecule has 0 fully saturated rings. The normalized spacial score (nSPS) is 11.0. The number of amides is 1. The minimum absolute atomic E-state index is 0.144. The van der Waals surface area contributed by atoms with Crippen LogP contribution in [0.4, 0.5) is 4.39 Å². The lowest BCUT2D eigenvalue weighted by Gasteiger charge is -2.06. The van der Waals surface area contributed by atoms with E-state index in [1.807, 2.05) is 47.2 Å². The van der Waals surface area contributed by atoms with E-state index in [0.29, 0.717) is 0 Å². The van der Waals surface area contributed by atoms with Crippen LogP contribution in [-0.4, -0.2) is 16.7 Å². The van der Waals surface area contributed by atoms with E-state index < -0.39 is 0 Å². The van der Waals surface area contributed by atoms with Crippen molar-refractivity contribution in [1.82, 2.24) is 9.99 Å². The molecule has 1 amide bonds. The number of hydrogen-bond acceptors (Lipinski definition) is 2. The molecule has 0 bridgehead atoms. The van der Waals surface area contributed by atoms with Gasteiger partial charge in [0, 0.05) is 16.4 Å². The Morgan fingerprint density at radius 2 is 1.84 bits per heavy atom. The molecule has 0 radical (unpaired) electrons. The number of nitrogens with zero attached hydrogens (tertiary/aromatic N) is 2. The lowest BCUT2D eigenvalue weighted by molar-refractivity contribution is -0.120. The molecule has 2 aromatic carbocycles. The summed E-state index contributed by atoms with van der Waals surface area (Å²) in [6.07, 6.45) is 3.65. The Bertz CT molecular complexity index is 886. The van der Waals surface area contributed by atoms with Gasteiger partial charge < -0.3 is 4.57 Å². The van der Waals surface area contributed by atoms with Crippen LogP contribution in [0.15, 0.2) is 76.4 Å². The molecule has 3 rings (SSSR count). The maximum atomic E-state index is 12.9. The molecule has 126 valence electrons. The second kappa shape index (κ2) is 7.90. The minimum Gasteiger partial charge on any atom is -0.316 e. The zero-order valence-electron chi connectivity index (χ0n) is 13.2. The van der Waals surface area contributed by atoms with Crippen molar-refractivity contribution in [3.8, 4) is 5.69 Å². The molecule has 0 spiro atoms. The summed E-state index contributed by atoms with van der Waals surface area (Å²) in [6, 6.07) is 17.5. The van der Waals surface area contributed by atoms with E-state index in [1.54, 1.807) is 18.3 Å². The van der Waals surface area contributed by atoms with Gasteiger partial charge in [0.2, 0.25) is 5.91 Å². The van der Waals surface area contributed by atoms with Crippen LogP contribution in [0.2, 0.25) is 0 Å². The van der Waals surface area contributed by atoms with Crippen molar-refractivity contribution in [2.45, 2.75) is 6.42 Å². The van der Waals surface area contributed by atoms with E-state index in [4.69, 9.17) is 0 Å². The highest BCUT2D eigenvalue weighted by molar-refractivity contribution is 9.10. The van der Waals surface area contributed by atoms with Crippen LogP contribution in [0.3, 0.4) is 0 Å². The fourth-order valence-electron chi connectivity index (χ4n) is 2.33. The highest BCUT2D eigenvalue weighted by atomic mass is 79.9. The molecule has 0 atom stereocenters. The number of nitrogens with one attached hydrogen (secondary N) is 1. The number of hydrogen-bond donors (Lipinski definition) is 1. The highest BCUT2D eigenvalue weighted by Crippen LogP contribution is 2.15. The first-order chi connectivity index (χ1) is 12.1. The summed E-state index contributed by atoms with van der Waals surface area (Å²) >= 11 is 3.41. The van der Waals surface area contributed by atoms with Crippen LogP contribution in [-0.2, 0) is 11.2 Å². The van der Waals surface area contributed by atoms with Crippen LogP contribution in [0.25, 0.3) is 5.69 Å². The lowest BCUT2D eigenvalue weighted by atomic mass is 10.1. The number of aromatic nitrogens is 1. The molecule has 3 aromatic rings. The predicted molar refractivity (Wildman–Crippen MR) is 99.3 cm³/mol. The molecule has 0 aliphatic heterocycles. The van der Waals surface area contributed by atoms with E-state index in [9.17, 15) is 9.18 Å². The number of carbonyl (C=O) groups excluding carboxylic acids is 1. The van der Waals surface area contributed by atoms with Crippen molar-refractivity contribution in [3.05, 3.63) is 88.4 Å². The van der Waals surface area contributed by atoms with Gasteiger partial charge >= 0.3 is 0 Å². The monoisotopic (exact) mass is 399 g/mol. The molecule has 6 heteroatoms. The van der Waals surface area contributed by atoms with Gasteiger partial charge in [0.15, 0.2) is 0 Å². The van der Waals surface area contributed by atoms with Crippen molar-refractivity contribution in [2.24, 2.45) is 5.10 Å². The topological polar surface area (TPSA) is 46.4 Å². The average molecular weight is 400 g/mol. The molecule has 1 N–H and O–H groups in total. The summed E-state index contributed by atoms with van der Waals surface area (Å²) in [6.45, 7) is 0. The fourth-order valence-corrected chi connectivity index (χ4v) is 2.60. The van der Waals surface area contributed by atoms with Gasteiger partial charge in [0.25, 0.3) is 0 Å². The van der Waals surface area contributed by atoms with Gasteiger partial charge in [-0.05, 0) is 54.1 Å². The summed E-state index contributed by atoms with van der Waals surface area (Å²) in [5, 5.41) is 4.00. The maximum absolute atomic E-state index is 12.9. The van der Waals surface area contributed by atoms with E-state index in [1.165, 1.54) is 12.1 Å². The van der Waals surface area contributed by atoms with Crippen LogP contribution in [0.1, 0.15) is 11.3 Å². The number of halogens is 2. The SMILES string of the molecule is O=C(Cc1ccc(F)cc1)N/N=C/c1cccn1-c1ccc(Br)cc1. The quantitative estimate of drug-likeness (QED) is 0.510. The number of carbonyl (C=O) groups is 1. The van der Waals surface area contributed by atoms with E-state index in [0.717, 1.165) is 21.4 Å². The van der Waals surface area contributed by atoms with E-state index >= 15 is 0 Å². The molecule has 0 unspecified atom stereocenters. The van der Waals surface area contributed by atoms with Gasteiger partial charge in [-0.2, -0.15) is 5.10 Å². The molecular weight excluding hydrogens is 385 g/mol. The molecule has 0 aliphatic rings. The summed E-state index contributed by atoms with van der Waals surface area (Å²) in [5.74, 6) is -0.583. The number of hydrazone groups is 1. The Labute approximate surface area is 153 Å². The van der Waals surface area contributed by atoms with Gasteiger partial charge in [-0.25, -0.2) is 9.82 Å². The Hall–Kier alpha value is -2.73. The summed E-state index contributed by atoms with van der Waals surface area (Å²) in [7, 11) is 0. The molecule has 4 nitrogen and oxygen atoms in total. The molecule has 1 aromatic heterocycles. The first-order valence-corrected chi connectivity index (χ1v) is 8.41. The first kappa shape index (κ1) is 17.1. The zero-order valence-corrected chi connectivity index (χ0v) is 14.8. The van der Waals surface area contributed by atoms with E-state index in [-0.39, 0.29) is 18.1 Å². The Morgan fingerprint density at radius 3 is 2.56 bits per heavy atom. The third-order valence-corrected chi connectivity index (χ3v) is 4.08. The third kappa shape index (κ3) is 4.64. The first-order valence-electron chi connectivity index (χ1n) is 7.61. The van der Waals surface area contributed by atoms with Gasteiger partial charge in [-0.3, -0.25) is 4.79 Å². The van der Waals surface area contributed by atoms with Gasteiger partial charge in [-0.1, -0.05) is 28.1 Å². The molecule has 0 saturated heterocycles. The maximum Gasteiger partial charge on any atom is 0.244 e. The molecule has 1 heterocycles. The van der Waals surface area contributed by atoms with Crippen LogP contribution >= 0.6 is 15.9 Å². The van der Waals surface area contributed by atoms with Crippen molar-refractivity contribution in [1.29, 1.82) is 0 Å². The Morgan fingerprint density at radius 1 is 1.12 bits per heavy atom. The van der Waals surface area contributed by atoms with Crippen LogP contribution in [0.5, 0.6) is 0 Å². The van der Waals surface area contributed by atoms with Crippen LogP contribution in [0, 0.1) is 5.82 Å². The van der Waals surface area contributed by atoms with Gasteiger partial charge in [-0.15, -0.1) is 0 Å². The Kier molecular flexibility index (Phi) is 5.40. The Balaban J connectivity index is 1.63. The van der Waals surface area contributed by atoms with E-state index in [2.05, 4.69) is 26.5 Å². The standard InChI is InChI=1S/C19H15BrFN3O/c20-15-5-9-17(10-6-15)24-11-1-2-18(24)13-22-23-19(25)12-14-3-7-16(21)8-4-14/h1-11,13H,12H2,(H,23,25)/b22-13+. The molecule has 0 saturated carbocycles. The smallest absolute Gasteiger partial charge is 0.244 e. The van der Waals surface area contributed by atoms with Crippen molar-refractivity contribution in [3.63, 3.8) is 0 Å². The summed E-state index contributed by atoms with van der Waals surface area (Å²) in [5.41, 5.74) is 5.05. The van der Waals surface area contributed by atoms with Crippen LogP contribution < -0.4 is 5.43 Å². The highest BCUT2D eigenvalue weighted by Gasteiger charge is 2.04. The minimum atomic E-state index is -0.323. The van der Waals surface area contributed by atoms with Crippen molar-refractivity contribution in [2.75, 3.05) is 0 Å². The number of rotatable bonds is 5. The van der Waals surface area contributed by atoms with Crippen molar-refractivity contribution < 1.29 is 9.18 Å². The molecular formula is C19H15BrFN3O. The number of benzene rings is 2. The third-order valence-electron chi connectivity index (χ3n) is 3.55. The van der Waals surface area contributed by atoms with Crippen molar-refractivity contribution >= 4 is 28.1 Å². The lowest BCUT2D eigenvalue weighted by Crippen LogP contribution is -2.20. The summed E-state index contributed by atoms with van der Waals surface area (Å²) in [4.78, 5) is 11.9. The summed E-state index contributed by atoms with van der Waals surface area (Å²) < 4.78 is 15.8. The van der Waals surface area contributed by atoms with Gasteiger partial charge in [0.05, 0.1) is 18.3 Å². The fraction of sp³-hybridized carbons (Fsp3) is 0.0526.